The van der Waals surface area contributed by atoms with Gasteiger partial charge in [0.15, 0.2) is 5.13 Å². The molecule has 10 heteroatoms. The van der Waals surface area contributed by atoms with Gasteiger partial charge in [0.05, 0.1) is 17.4 Å². The van der Waals surface area contributed by atoms with Crippen molar-refractivity contribution in [3.05, 3.63) is 75.1 Å². The van der Waals surface area contributed by atoms with E-state index in [1.165, 1.54) is 28.3 Å². The van der Waals surface area contributed by atoms with Gasteiger partial charge in [-0.25, -0.2) is 14.8 Å². The van der Waals surface area contributed by atoms with Crippen molar-refractivity contribution in [3.8, 4) is 11.1 Å². The number of rotatable bonds is 7. The third kappa shape index (κ3) is 4.76. The van der Waals surface area contributed by atoms with E-state index in [2.05, 4.69) is 21.9 Å². The number of esters is 1. The van der Waals surface area contributed by atoms with Crippen molar-refractivity contribution in [1.29, 1.82) is 0 Å². The SMILES string of the molecule is C=CCOC(=O)c1sc(NC(=O)Cn2cnc3scc(-c4ccc(C)cc4)c3c2=O)nc1C. The molecule has 0 radical (unpaired) electrons. The second-order valence-corrected chi connectivity index (χ2v) is 9.10. The molecule has 0 bridgehead atoms. The molecule has 0 saturated carbocycles. The Balaban J connectivity index is 1.55. The molecule has 0 fully saturated rings. The van der Waals surface area contributed by atoms with Crippen LogP contribution in [-0.4, -0.2) is 33.0 Å². The summed E-state index contributed by atoms with van der Waals surface area (Å²) < 4.78 is 6.29. The van der Waals surface area contributed by atoms with Gasteiger partial charge in [0.2, 0.25) is 5.91 Å². The minimum absolute atomic E-state index is 0.0867. The van der Waals surface area contributed by atoms with Crippen molar-refractivity contribution in [2.24, 2.45) is 0 Å². The lowest BCUT2D eigenvalue weighted by Gasteiger charge is -2.06. The van der Waals surface area contributed by atoms with Gasteiger partial charge in [0, 0.05) is 10.9 Å². The first-order valence-electron chi connectivity index (χ1n) is 9.96. The molecule has 4 rings (SSSR count). The molecular weight excluding hydrogens is 460 g/mol. The number of aryl methyl sites for hydroxylation is 2. The number of carbonyl (C=O) groups excluding carboxylic acids is 2. The minimum Gasteiger partial charge on any atom is -0.457 e. The van der Waals surface area contributed by atoms with Crippen LogP contribution in [0.25, 0.3) is 21.3 Å². The zero-order valence-corrected chi connectivity index (χ0v) is 19.6. The molecule has 1 N–H and O–H groups in total. The third-order valence-corrected chi connectivity index (χ3v) is 6.74. The summed E-state index contributed by atoms with van der Waals surface area (Å²) in [5.41, 5.74) is 2.99. The highest BCUT2D eigenvalue weighted by Crippen LogP contribution is 2.30. The summed E-state index contributed by atoms with van der Waals surface area (Å²) in [7, 11) is 0. The van der Waals surface area contributed by atoms with Crippen LogP contribution in [-0.2, 0) is 16.1 Å². The van der Waals surface area contributed by atoms with E-state index in [-0.39, 0.29) is 23.8 Å². The van der Waals surface area contributed by atoms with Gasteiger partial charge in [-0.2, -0.15) is 0 Å². The molecule has 0 unspecified atom stereocenters. The van der Waals surface area contributed by atoms with Gasteiger partial charge in [-0.05, 0) is 19.4 Å². The predicted octanol–water partition coefficient (Wildman–Crippen LogP) is 4.18. The van der Waals surface area contributed by atoms with Crippen LogP contribution >= 0.6 is 22.7 Å². The first-order chi connectivity index (χ1) is 15.9. The van der Waals surface area contributed by atoms with Crippen molar-refractivity contribution in [2.45, 2.75) is 20.4 Å². The third-order valence-electron chi connectivity index (χ3n) is 4.80. The Morgan fingerprint density at radius 2 is 2.00 bits per heavy atom. The van der Waals surface area contributed by atoms with Gasteiger partial charge in [-0.15, -0.1) is 11.3 Å². The molecule has 1 aromatic carbocycles. The molecule has 0 spiro atoms. The Bertz CT molecular complexity index is 1420. The van der Waals surface area contributed by atoms with E-state index in [1.54, 1.807) is 6.92 Å². The van der Waals surface area contributed by atoms with Crippen molar-refractivity contribution in [3.63, 3.8) is 0 Å². The van der Waals surface area contributed by atoms with E-state index in [1.807, 2.05) is 36.6 Å². The zero-order chi connectivity index (χ0) is 23.5. The molecule has 3 heterocycles. The lowest BCUT2D eigenvalue weighted by Crippen LogP contribution is -2.27. The number of nitrogens with zero attached hydrogens (tertiary/aromatic N) is 3. The average molecular weight is 481 g/mol. The van der Waals surface area contributed by atoms with Crippen molar-refractivity contribution in [2.75, 3.05) is 11.9 Å². The summed E-state index contributed by atoms with van der Waals surface area (Å²) >= 11 is 2.40. The van der Waals surface area contributed by atoms with Gasteiger partial charge >= 0.3 is 5.97 Å². The first kappa shape index (κ1) is 22.6. The lowest BCUT2D eigenvalue weighted by molar-refractivity contribution is -0.116. The Labute approximate surface area is 197 Å². The molecule has 1 amide bonds. The van der Waals surface area contributed by atoms with Crippen LogP contribution in [0.15, 0.2) is 53.4 Å². The number of anilines is 1. The summed E-state index contributed by atoms with van der Waals surface area (Å²) in [5.74, 6) is -0.984. The van der Waals surface area contributed by atoms with Gasteiger partial charge in [0.1, 0.15) is 22.9 Å². The predicted molar refractivity (Wildman–Crippen MR) is 130 cm³/mol. The van der Waals surface area contributed by atoms with E-state index in [9.17, 15) is 14.4 Å². The molecule has 168 valence electrons. The molecular formula is C23H20N4O4S2. The Morgan fingerprint density at radius 3 is 2.73 bits per heavy atom. The van der Waals surface area contributed by atoms with Crippen LogP contribution in [0.3, 0.4) is 0 Å². The van der Waals surface area contributed by atoms with Crippen LogP contribution in [0.4, 0.5) is 5.13 Å². The number of carbonyl (C=O) groups is 2. The Hall–Kier alpha value is -3.63. The van der Waals surface area contributed by atoms with E-state index in [0.29, 0.717) is 20.8 Å². The molecule has 33 heavy (non-hydrogen) atoms. The molecule has 0 atom stereocenters. The molecule has 0 aliphatic rings. The number of hydrogen-bond acceptors (Lipinski definition) is 8. The highest BCUT2D eigenvalue weighted by molar-refractivity contribution is 7.17. The minimum atomic E-state index is -0.530. The van der Waals surface area contributed by atoms with Crippen LogP contribution in [0.5, 0.6) is 0 Å². The molecule has 4 aromatic rings. The highest BCUT2D eigenvalue weighted by Gasteiger charge is 2.19. The van der Waals surface area contributed by atoms with Crippen molar-refractivity contribution in [1.82, 2.24) is 14.5 Å². The number of aromatic nitrogens is 3. The van der Waals surface area contributed by atoms with Gasteiger partial charge in [-0.1, -0.05) is 53.8 Å². The fourth-order valence-corrected chi connectivity index (χ4v) is 4.96. The van der Waals surface area contributed by atoms with Crippen LogP contribution < -0.4 is 10.9 Å². The fourth-order valence-electron chi connectivity index (χ4n) is 3.18. The van der Waals surface area contributed by atoms with Crippen LogP contribution in [0.1, 0.15) is 20.9 Å². The second kappa shape index (κ2) is 9.47. The monoisotopic (exact) mass is 480 g/mol. The number of benzene rings is 1. The van der Waals surface area contributed by atoms with E-state index < -0.39 is 11.9 Å². The number of nitrogens with one attached hydrogen (secondary N) is 1. The van der Waals surface area contributed by atoms with Gasteiger partial charge < -0.3 is 10.1 Å². The fraction of sp³-hybridized carbons (Fsp3) is 0.174. The van der Waals surface area contributed by atoms with Gasteiger partial charge in [-0.3, -0.25) is 14.2 Å². The number of amides is 1. The van der Waals surface area contributed by atoms with E-state index in [0.717, 1.165) is 28.0 Å². The van der Waals surface area contributed by atoms with Crippen molar-refractivity contribution < 1.29 is 14.3 Å². The molecule has 0 aliphatic carbocycles. The number of thiophene rings is 1. The Kier molecular flexibility index (Phi) is 6.47. The second-order valence-electron chi connectivity index (χ2n) is 7.24. The van der Waals surface area contributed by atoms with Crippen LogP contribution in [0.2, 0.25) is 0 Å². The molecule has 3 aromatic heterocycles. The maximum atomic E-state index is 13.2. The number of fused-ring (bicyclic) bond motifs is 1. The first-order valence-corrected chi connectivity index (χ1v) is 11.7. The summed E-state index contributed by atoms with van der Waals surface area (Å²) in [6.45, 7) is 7.01. The standard InChI is InChI=1S/C23H20N4O4S2/c1-4-9-31-22(30)19-14(3)25-23(33-19)26-17(28)10-27-12-24-20-18(21(27)29)16(11-32-20)15-7-5-13(2)6-8-15/h4-8,11-12H,1,9-10H2,2-3H3,(H,25,26,28). The molecule has 0 aliphatic heterocycles. The smallest absolute Gasteiger partial charge is 0.350 e. The topological polar surface area (TPSA) is 103 Å². The zero-order valence-electron chi connectivity index (χ0n) is 18.0. The number of ether oxygens (including phenoxy) is 1. The van der Waals surface area contributed by atoms with Gasteiger partial charge in [0.25, 0.3) is 5.56 Å². The largest absolute Gasteiger partial charge is 0.457 e. The number of hydrogen-bond donors (Lipinski definition) is 1. The molecule has 8 nitrogen and oxygen atoms in total. The highest BCUT2D eigenvalue weighted by atomic mass is 32.1. The lowest BCUT2D eigenvalue weighted by atomic mass is 10.1. The average Bonchev–Trinajstić information content (AvgIpc) is 3.38. The maximum Gasteiger partial charge on any atom is 0.350 e. The van der Waals surface area contributed by atoms with E-state index >= 15 is 0 Å². The normalized spacial score (nSPS) is 10.8. The van der Waals surface area contributed by atoms with Crippen LogP contribution in [0, 0.1) is 13.8 Å². The Morgan fingerprint density at radius 1 is 1.24 bits per heavy atom. The summed E-state index contributed by atoms with van der Waals surface area (Å²) in [4.78, 5) is 47.3. The maximum absolute atomic E-state index is 13.2. The molecule has 0 saturated heterocycles. The summed E-state index contributed by atoms with van der Waals surface area (Å²) in [6, 6.07) is 7.89. The number of thiazole rings is 1. The summed E-state index contributed by atoms with van der Waals surface area (Å²) in [5, 5.41) is 5.28. The van der Waals surface area contributed by atoms with E-state index in [4.69, 9.17) is 4.74 Å². The summed E-state index contributed by atoms with van der Waals surface area (Å²) in [6.07, 6.45) is 2.84. The quantitative estimate of drug-likeness (QED) is 0.314. The van der Waals surface area contributed by atoms with Crippen molar-refractivity contribution >= 4 is 49.9 Å².